The Morgan fingerprint density at radius 2 is 1.43 bits per heavy atom. The molecule has 2 aromatic rings. The zero-order valence-electron chi connectivity index (χ0n) is 17.1. The molecule has 156 valence electrons. The Kier molecular flexibility index (Phi) is 6.10. The fourth-order valence-electron chi connectivity index (χ4n) is 3.18. The van der Waals surface area contributed by atoms with E-state index in [1.54, 1.807) is 39.8 Å². The number of esters is 2. The molecule has 0 aromatic heterocycles. The van der Waals surface area contributed by atoms with Crippen LogP contribution in [-0.2, 0) is 9.59 Å². The smallest absolute Gasteiger partial charge is 0.341 e. The first-order chi connectivity index (χ1) is 14.2. The molecule has 1 atom stereocenters. The fourth-order valence-corrected chi connectivity index (χ4v) is 3.18. The molecule has 0 fully saturated rings. The van der Waals surface area contributed by atoms with Crippen LogP contribution in [0.2, 0.25) is 0 Å². The third-order valence-electron chi connectivity index (χ3n) is 4.65. The summed E-state index contributed by atoms with van der Waals surface area (Å²) in [7, 11) is 0. The van der Waals surface area contributed by atoms with Crippen LogP contribution in [0, 0.1) is 45.2 Å². The maximum absolute atomic E-state index is 14.2. The van der Waals surface area contributed by atoms with E-state index in [0.29, 0.717) is 11.1 Å². The second kappa shape index (κ2) is 8.57. The largest absolute Gasteiger partial charge is 0.423 e. The molecule has 1 aliphatic heterocycles. The highest BCUT2D eigenvalue weighted by Crippen LogP contribution is 2.27. The van der Waals surface area contributed by atoms with Gasteiger partial charge in [0.15, 0.2) is 23.1 Å². The van der Waals surface area contributed by atoms with Crippen molar-refractivity contribution in [1.82, 2.24) is 0 Å². The monoisotopic (exact) mass is 413 g/mol. The van der Waals surface area contributed by atoms with Gasteiger partial charge in [0.25, 0.3) is 0 Å². The number of carbonyl (C=O) groups excluding carboxylic acids is 2. The number of halogens is 2. The van der Waals surface area contributed by atoms with Crippen molar-refractivity contribution in [2.45, 2.75) is 34.1 Å². The second-order valence-corrected chi connectivity index (χ2v) is 7.36. The first kappa shape index (κ1) is 21.4. The van der Waals surface area contributed by atoms with Gasteiger partial charge in [-0.25, -0.2) is 13.6 Å². The average molecular weight is 413 g/mol. The Balaban J connectivity index is 1.71. The molecule has 1 heterocycles. The molecule has 0 N–H and O–H groups in total. The van der Waals surface area contributed by atoms with Gasteiger partial charge in [-0.05, 0) is 68.5 Å². The first-order valence-electron chi connectivity index (χ1n) is 9.35. The van der Waals surface area contributed by atoms with Crippen LogP contribution in [0.15, 0.2) is 41.0 Å². The third-order valence-corrected chi connectivity index (χ3v) is 4.65. The van der Waals surface area contributed by atoms with Gasteiger partial charge in [0.05, 0.1) is 11.5 Å². The van der Waals surface area contributed by atoms with Crippen molar-refractivity contribution in [1.29, 1.82) is 0 Å². The molecule has 0 spiro atoms. The van der Waals surface area contributed by atoms with E-state index in [0.717, 1.165) is 11.1 Å². The van der Waals surface area contributed by atoms with Gasteiger partial charge in [-0.15, -0.1) is 0 Å². The van der Waals surface area contributed by atoms with E-state index in [1.165, 1.54) is 24.5 Å². The average Bonchev–Trinajstić information content (AvgIpc) is 2.69. The SMILES string of the molecule is Cc1cc(C)c(F)c(OC(=O)C2=CN=CC(C(=O)Oc3cc(C)cc(C)c3F)C2)c1. The maximum atomic E-state index is 14.2. The maximum Gasteiger partial charge on any atom is 0.341 e. The number of aryl methyl sites for hydroxylation is 4. The Morgan fingerprint density at radius 3 is 2.00 bits per heavy atom. The lowest BCUT2D eigenvalue weighted by Gasteiger charge is -2.17. The predicted molar refractivity (Wildman–Crippen MR) is 108 cm³/mol. The van der Waals surface area contributed by atoms with Crippen LogP contribution in [-0.4, -0.2) is 18.2 Å². The molecule has 7 heteroatoms. The summed E-state index contributed by atoms with van der Waals surface area (Å²) >= 11 is 0. The molecule has 0 bridgehead atoms. The number of benzene rings is 2. The number of ether oxygens (including phenoxy) is 2. The first-order valence-corrected chi connectivity index (χ1v) is 9.35. The minimum atomic E-state index is -0.901. The van der Waals surface area contributed by atoms with E-state index in [2.05, 4.69) is 4.99 Å². The van der Waals surface area contributed by atoms with E-state index < -0.39 is 29.5 Å². The molecule has 1 aliphatic rings. The van der Waals surface area contributed by atoms with Crippen LogP contribution in [0.1, 0.15) is 28.7 Å². The zero-order valence-corrected chi connectivity index (χ0v) is 17.1. The second-order valence-electron chi connectivity index (χ2n) is 7.36. The van der Waals surface area contributed by atoms with Crippen molar-refractivity contribution in [3.8, 4) is 11.5 Å². The Morgan fingerprint density at radius 1 is 0.900 bits per heavy atom. The quantitative estimate of drug-likeness (QED) is 0.539. The summed E-state index contributed by atoms with van der Waals surface area (Å²) in [4.78, 5) is 28.9. The number of nitrogens with zero attached hydrogens (tertiary/aromatic N) is 1. The van der Waals surface area contributed by atoms with Gasteiger partial charge in [0.2, 0.25) is 0 Å². The van der Waals surface area contributed by atoms with Gasteiger partial charge < -0.3 is 9.47 Å². The van der Waals surface area contributed by atoms with E-state index in [4.69, 9.17) is 9.47 Å². The van der Waals surface area contributed by atoms with Crippen molar-refractivity contribution in [3.05, 3.63) is 69.9 Å². The standard InChI is InChI=1S/C23H21F2NO4/c1-12-5-14(3)20(24)18(7-12)29-22(27)16-9-17(11-26-10-16)23(28)30-19-8-13(2)6-15(4)21(19)25/h5-8,10-11,16H,9H2,1-4H3. The van der Waals surface area contributed by atoms with Gasteiger partial charge in [0.1, 0.15) is 0 Å². The van der Waals surface area contributed by atoms with Crippen LogP contribution < -0.4 is 9.47 Å². The summed E-state index contributed by atoms with van der Waals surface area (Å²) in [6.45, 7) is 6.66. The highest BCUT2D eigenvalue weighted by atomic mass is 19.1. The summed E-state index contributed by atoms with van der Waals surface area (Å²) < 4.78 is 38.8. The fraction of sp³-hybridized carbons (Fsp3) is 0.261. The summed E-state index contributed by atoms with van der Waals surface area (Å²) in [6.07, 6.45) is 2.52. The van der Waals surface area contributed by atoms with E-state index in [-0.39, 0.29) is 23.5 Å². The molecule has 3 rings (SSSR count). The van der Waals surface area contributed by atoms with E-state index in [9.17, 15) is 18.4 Å². The van der Waals surface area contributed by atoms with Crippen molar-refractivity contribution in [2.24, 2.45) is 10.9 Å². The van der Waals surface area contributed by atoms with Crippen molar-refractivity contribution >= 4 is 18.2 Å². The number of rotatable bonds is 4. The van der Waals surface area contributed by atoms with E-state index >= 15 is 0 Å². The molecular weight excluding hydrogens is 392 g/mol. The molecular formula is C23H21F2NO4. The highest BCUT2D eigenvalue weighted by Gasteiger charge is 2.28. The predicted octanol–water partition coefficient (Wildman–Crippen LogP) is 4.68. The Hall–Kier alpha value is -3.35. The molecule has 0 amide bonds. The van der Waals surface area contributed by atoms with Crippen LogP contribution in [0.25, 0.3) is 0 Å². The summed E-state index contributed by atoms with van der Waals surface area (Å²) in [5, 5.41) is 0. The minimum Gasteiger partial charge on any atom is -0.423 e. The van der Waals surface area contributed by atoms with Gasteiger partial charge in [-0.1, -0.05) is 12.1 Å². The lowest BCUT2D eigenvalue weighted by molar-refractivity contribution is -0.136. The van der Waals surface area contributed by atoms with Crippen LogP contribution >= 0.6 is 0 Å². The molecule has 5 nitrogen and oxygen atoms in total. The lowest BCUT2D eigenvalue weighted by atomic mass is 9.99. The van der Waals surface area contributed by atoms with Crippen molar-refractivity contribution in [2.75, 3.05) is 0 Å². The van der Waals surface area contributed by atoms with Gasteiger partial charge in [0, 0.05) is 12.4 Å². The molecule has 30 heavy (non-hydrogen) atoms. The molecule has 1 unspecified atom stereocenters. The minimum absolute atomic E-state index is 0.0556. The molecule has 0 radical (unpaired) electrons. The lowest BCUT2D eigenvalue weighted by Crippen LogP contribution is -2.27. The Labute approximate surface area is 173 Å². The van der Waals surface area contributed by atoms with Gasteiger partial charge >= 0.3 is 11.9 Å². The number of hydrogen-bond acceptors (Lipinski definition) is 5. The highest BCUT2D eigenvalue weighted by molar-refractivity contribution is 5.97. The van der Waals surface area contributed by atoms with Crippen molar-refractivity contribution in [3.63, 3.8) is 0 Å². The molecule has 0 aliphatic carbocycles. The normalized spacial score (nSPS) is 15.5. The number of hydrogen-bond donors (Lipinski definition) is 0. The number of carbonyl (C=O) groups is 2. The van der Waals surface area contributed by atoms with E-state index in [1.807, 2.05) is 0 Å². The molecule has 2 aromatic carbocycles. The number of aliphatic imine (C=N–C) groups is 1. The van der Waals surface area contributed by atoms with Crippen LogP contribution in [0.4, 0.5) is 8.78 Å². The summed E-state index contributed by atoms with van der Waals surface area (Å²) in [5.74, 6) is -4.09. The molecule has 0 saturated carbocycles. The topological polar surface area (TPSA) is 65.0 Å². The van der Waals surface area contributed by atoms with Gasteiger partial charge in [-0.2, -0.15) is 0 Å². The summed E-state index contributed by atoms with van der Waals surface area (Å²) in [6, 6.07) is 6.11. The zero-order chi connectivity index (χ0) is 22.0. The van der Waals surface area contributed by atoms with Gasteiger partial charge in [-0.3, -0.25) is 9.79 Å². The third kappa shape index (κ3) is 4.62. The van der Waals surface area contributed by atoms with Crippen molar-refractivity contribution < 1.29 is 27.8 Å². The Bertz CT molecular complexity index is 1090. The van der Waals surface area contributed by atoms with Crippen LogP contribution in [0.3, 0.4) is 0 Å². The van der Waals surface area contributed by atoms with Crippen LogP contribution in [0.5, 0.6) is 11.5 Å². The summed E-state index contributed by atoms with van der Waals surface area (Å²) in [5.41, 5.74) is 2.27. The molecule has 0 saturated heterocycles.